The zero-order chi connectivity index (χ0) is 17.1. The normalized spacial score (nSPS) is 23.1. The number of rotatable bonds is 5. The number of amides is 1. The molecule has 4 rings (SSSR count). The Bertz CT molecular complexity index is 715. The third kappa shape index (κ3) is 3.81. The van der Waals surface area contributed by atoms with Gasteiger partial charge in [0.25, 0.3) is 0 Å². The first kappa shape index (κ1) is 16.4. The largest absolute Gasteiger partial charge is 0.349 e. The number of carbonyl (C=O) groups excluding carboxylic acids is 1. The van der Waals surface area contributed by atoms with Crippen LogP contribution >= 0.6 is 11.3 Å². The number of hydrogen-bond donors (Lipinski definition) is 3. The van der Waals surface area contributed by atoms with Gasteiger partial charge in [0.2, 0.25) is 5.91 Å². The second kappa shape index (κ2) is 7.47. The smallest absolute Gasteiger partial charge is 0.238 e. The van der Waals surface area contributed by atoms with E-state index in [4.69, 9.17) is 0 Å². The summed E-state index contributed by atoms with van der Waals surface area (Å²) in [6.45, 7) is 2.65. The molecule has 0 radical (unpaired) electrons. The van der Waals surface area contributed by atoms with Crippen molar-refractivity contribution in [1.82, 2.24) is 26.1 Å². The molecule has 0 spiro atoms. The summed E-state index contributed by atoms with van der Waals surface area (Å²) in [5.41, 5.74) is 8.08. The van der Waals surface area contributed by atoms with E-state index < -0.39 is 0 Å². The van der Waals surface area contributed by atoms with Crippen molar-refractivity contribution < 1.29 is 4.79 Å². The van der Waals surface area contributed by atoms with Crippen molar-refractivity contribution in [2.75, 3.05) is 18.0 Å². The summed E-state index contributed by atoms with van der Waals surface area (Å²) in [4.78, 5) is 23.7. The molecule has 0 aliphatic carbocycles. The highest BCUT2D eigenvalue weighted by Crippen LogP contribution is 2.24. The van der Waals surface area contributed by atoms with Crippen molar-refractivity contribution in [2.45, 2.75) is 37.9 Å². The summed E-state index contributed by atoms with van der Waals surface area (Å²) in [5.74, 6) is -0.0124. The average molecular weight is 358 g/mol. The molecule has 0 aromatic carbocycles. The molecule has 1 amide bonds. The lowest BCUT2D eigenvalue weighted by molar-refractivity contribution is -0.123. The minimum absolute atomic E-state index is 0.0124. The number of hydrogen-bond acceptors (Lipinski definition) is 7. The van der Waals surface area contributed by atoms with E-state index in [1.165, 1.54) is 12.8 Å². The third-order valence-corrected chi connectivity index (χ3v) is 5.57. The maximum Gasteiger partial charge on any atom is 0.238 e. The van der Waals surface area contributed by atoms with Crippen LogP contribution in [0.15, 0.2) is 29.8 Å². The van der Waals surface area contributed by atoms with E-state index in [1.807, 2.05) is 23.6 Å². The number of thiazole rings is 1. The monoisotopic (exact) mass is 358 g/mol. The van der Waals surface area contributed by atoms with E-state index in [-0.39, 0.29) is 18.0 Å². The summed E-state index contributed by atoms with van der Waals surface area (Å²) in [7, 11) is 0. The molecule has 4 heterocycles. The topological polar surface area (TPSA) is 82.2 Å². The summed E-state index contributed by atoms with van der Waals surface area (Å²) in [6, 6.07) is 5.61. The van der Waals surface area contributed by atoms with Crippen LogP contribution in [0.1, 0.15) is 36.7 Å². The first-order chi connectivity index (χ1) is 12.3. The molecular weight excluding hydrogens is 336 g/mol. The van der Waals surface area contributed by atoms with E-state index in [0.717, 1.165) is 29.6 Å². The van der Waals surface area contributed by atoms with E-state index in [2.05, 4.69) is 31.0 Å². The van der Waals surface area contributed by atoms with Gasteiger partial charge in [-0.05, 0) is 31.4 Å². The molecule has 2 fully saturated rings. The SMILES string of the molecule is O=C(NCc1csc(N2CCCC2)n1)C1CC(c2ccccn2)NN1. The first-order valence-corrected chi connectivity index (χ1v) is 9.56. The van der Waals surface area contributed by atoms with Crippen LogP contribution in [0, 0.1) is 0 Å². The van der Waals surface area contributed by atoms with Gasteiger partial charge >= 0.3 is 0 Å². The van der Waals surface area contributed by atoms with Gasteiger partial charge in [-0.3, -0.25) is 9.78 Å². The van der Waals surface area contributed by atoms with Crippen LogP contribution in [0.4, 0.5) is 5.13 Å². The third-order valence-electron chi connectivity index (χ3n) is 4.62. The fourth-order valence-electron chi connectivity index (χ4n) is 3.24. The van der Waals surface area contributed by atoms with Gasteiger partial charge < -0.3 is 10.2 Å². The van der Waals surface area contributed by atoms with E-state index >= 15 is 0 Å². The van der Waals surface area contributed by atoms with Crippen LogP contribution in [-0.4, -0.2) is 35.0 Å². The fourth-order valence-corrected chi connectivity index (χ4v) is 4.12. The van der Waals surface area contributed by atoms with Gasteiger partial charge in [-0.2, -0.15) is 0 Å². The van der Waals surface area contributed by atoms with Crippen LogP contribution in [0.25, 0.3) is 0 Å². The number of aromatic nitrogens is 2. The lowest BCUT2D eigenvalue weighted by atomic mass is 10.1. The Morgan fingerprint density at radius 3 is 3.00 bits per heavy atom. The fraction of sp³-hybridized carbons (Fsp3) is 0.471. The molecule has 3 N–H and O–H groups in total. The number of anilines is 1. The van der Waals surface area contributed by atoms with Crippen LogP contribution in [0.3, 0.4) is 0 Å². The van der Waals surface area contributed by atoms with E-state index in [0.29, 0.717) is 13.0 Å². The zero-order valence-electron chi connectivity index (χ0n) is 13.9. The summed E-state index contributed by atoms with van der Waals surface area (Å²) < 4.78 is 0. The van der Waals surface area contributed by atoms with Gasteiger partial charge in [-0.1, -0.05) is 6.07 Å². The molecule has 8 heteroatoms. The predicted molar refractivity (Wildman–Crippen MR) is 97.1 cm³/mol. The highest BCUT2D eigenvalue weighted by molar-refractivity contribution is 7.13. The molecule has 2 atom stereocenters. The second-order valence-electron chi connectivity index (χ2n) is 6.42. The zero-order valence-corrected chi connectivity index (χ0v) is 14.8. The number of nitrogens with one attached hydrogen (secondary N) is 3. The molecule has 132 valence electrons. The quantitative estimate of drug-likeness (QED) is 0.749. The molecule has 2 aliphatic rings. The van der Waals surface area contributed by atoms with Gasteiger partial charge in [0.05, 0.1) is 24.0 Å². The minimum atomic E-state index is -0.260. The minimum Gasteiger partial charge on any atom is -0.349 e. The summed E-state index contributed by atoms with van der Waals surface area (Å²) in [5, 5.41) is 6.08. The van der Waals surface area contributed by atoms with Gasteiger partial charge in [-0.15, -0.1) is 11.3 Å². The van der Waals surface area contributed by atoms with Gasteiger partial charge in [0.1, 0.15) is 6.04 Å². The molecule has 0 bridgehead atoms. The Labute approximate surface area is 150 Å². The molecule has 7 nitrogen and oxygen atoms in total. The van der Waals surface area contributed by atoms with Gasteiger partial charge in [-0.25, -0.2) is 15.8 Å². The maximum absolute atomic E-state index is 12.4. The maximum atomic E-state index is 12.4. The molecule has 2 aromatic heterocycles. The summed E-state index contributed by atoms with van der Waals surface area (Å²) in [6.07, 6.45) is 4.93. The molecule has 2 unspecified atom stereocenters. The molecule has 2 saturated heterocycles. The Balaban J connectivity index is 1.28. The predicted octanol–water partition coefficient (Wildman–Crippen LogP) is 1.36. The van der Waals surface area contributed by atoms with Crippen LogP contribution in [-0.2, 0) is 11.3 Å². The molecule has 0 saturated carbocycles. The van der Waals surface area contributed by atoms with Crippen molar-refractivity contribution >= 4 is 22.4 Å². The van der Waals surface area contributed by atoms with Crippen LogP contribution in [0.5, 0.6) is 0 Å². The Morgan fingerprint density at radius 1 is 1.32 bits per heavy atom. The van der Waals surface area contributed by atoms with E-state index in [1.54, 1.807) is 17.5 Å². The van der Waals surface area contributed by atoms with E-state index in [9.17, 15) is 4.79 Å². The highest BCUT2D eigenvalue weighted by Gasteiger charge is 2.30. The second-order valence-corrected chi connectivity index (χ2v) is 7.25. The van der Waals surface area contributed by atoms with Gasteiger partial charge in [0, 0.05) is 24.7 Å². The number of carbonyl (C=O) groups is 1. The van der Waals surface area contributed by atoms with Crippen molar-refractivity contribution in [3.05, 3.63) is 41.2 Å². The molecular formula is C17H22N6OS. The van der Waals surface area contributed by atoms with Crippen LogP contribution in [0.2, 0.25) is 0 Å². The van der Waals surface area contributed by atoms with Crippen molar-refractivity contribution in [1.29, 1.82) is 0 Å². The van der Waals surface area contributed by atoms with Crippen molar-refractivity contribution in [2.24, 2.45) is 0 Å². The summed E-state index contributed by atoms with van der Waals surface area (Å²) >= 11 is 1.66. The van der Waals surface area contributed by atoms with Gasteiger partial charge in [0.15, 0.2) is 5.13 Å². The molecule has 2 aromatic rings. The lowest BCUT2D eigenvalue weighted by Gasteiger charge is -2.12. The average Bonchev–Trinajstić information content (AvgIpc) is 3.41. The van der Waals surface area contributed by atoms with Crippen molar-refractivity contribution in [3.8, 4) is 0 Å². The first-order valence-electron chi connectivity index (χ1n) is 8.68. The number of nitrogens with zero attached hydrogens (tertiary/aromatic N) is 3. The lowest BCUT2D eigenvalue weighted by Crippen LogP contribution is -2.42. The Morgan fingerprint density at radius 2 is 2.20 bits per heavy atom. The highest BCUT2D eigenvalue weighted by atomic mass is 32.1. The number of hydrazine groups is 1. The Hall–Kier alpha value is -2.03. The van der Waals surface area contributed by atoms with Crippen LogP contribution < -0.4 is 21.1 Å². The van der Waals surface area contributed by atoms with Crippen molar-refractivity contribution in [3.63, 3.8) is 0 Å². The molecule has 2 aliphatic heterocycles. The number of pyridine rings is 1. The standard InChI is InChI=1S/C17H22N6OS/c24-16(15-9-14(21-22-15)13-5-1-2-6-18-13)19-10-12-11-25-17(20-12)23-7-3-4-8-23/h1-2,5-6,11,14-15,21-22H,3-4,7-10H2,(H,19,24). The molecule has 25 heavy (non-hydrogen) atoms. The Kier molecular flexibility index (Phi) is 4.91.